The highest BCUT2D eigenvalue weighted by atomic mass is 32.2. The van der Waals surface area contributed by atoms with Crippen molar-refractivity contribution in [2.75, 3.05) is 0 Å². The van der Waals surface area contributed by atoms with E-state index in [2.05, 4.69) is 10.1 Å². The van der Waals surface area contributed by atoms with Crippen LogP contribution in [0.4, 0.5) is 0 Å². The fourth-order valence-electron chi connectivity index (χ4n) is 2.91. The minimum absolute atomic E-state index is 0.338. The van der Waals surface area contributed by atoms with E-state index in [-0.39, 0.29) is 0 Å². The molecule has 3 atom stereocenters. The van der Waals surface area contributed by atoms with Crippen molar-refractivity contribution < 1.29 is 5.21 Å². The second-order valence-electron chi connectivity index (χ2n) is 4.65. The molecule has 0 unspecified atom stereocenters. The van der Waals surface area contributed by atoms with Crippen LogP contribution in [0.5, 0.6) is 0 Å². The molecular formula is C11H15N3OS. The first-order valence-electron chi connectivity index (χ1n) is 5.65. The van der Waals surface area contributed by atoms with Crippen molar-refractivity contribution in [3.8, 4) is 0 Å². The minimum Gasteiger partial charge on any atom is -0.411 e. The smallest absolute Gasteiger partial charge is 0.168 e. The van der Waals surface area contributed by atoms with E-state index < -0.39 is 0 Å². The average Bonchev–Trinajstić information content (AvgIpc) is 2.95. The summed E-state index contributed by atoms with van der Waals surface area (Å²) < 4.78 is 2.02. The normalized spacial score (nSPS) is 35.1. The molecule has 4 nitrogen and oxygen atoms in total. The van der Waals surface area contributed by atoms with Crippen LogP contribution in [-0.4, -0.2) is 25.7 Å². The van der Waals surface area contributed by atoms with Gasteiger partial charge in [0.1, 0.15) is 0 Å². The fraction of sp³-hybridized carbons (Fsp3) is 0.636. The third-order valence-electron chi connectivity index (χ3n) is 3.74. The van der Waals surface area contributed by atoms with Crippen LogP contribution in [0.3, 0.4) is 0 Å². The van der Waals surface area contributed by atoms with Crippen molar-refractivity contribution in [1.82, 2.24) is 9.55 Å². The quantitative estimate of drug-likeness (QED) is 0.633. The summed E-state index contributed by atoms with van der Waals surface area (Å²) in [5.41, 5.74) is 0.990. The Morgan fingerprint density at radius 2 is 2.44 bits per heavy atom. The van der Waals surface area contributed by atoms with E-state index in [1.807, 2.05) is 24.0 Å². The molecule has 0 radical (unpaired) electrons. The molecule has 16 heavy (non-hydrogen) atoms. The fourth-order valence-corrected chi connectivity index (χ4v) is 4.28. The van der Waals surface area contributed by atoms with Crippen molar-refractivity contribution in [1.29, 1.82) is 0 Å². The van der Waals surface area contributed by atoms with E-state index in [0.717, 1.165) is 10.9 Å². The zero-order chi connectivity index (χ0) is 11.1. The van der Waals surface area contributed by atoms with Crippen LogP contribution in [-0.2, 0) is 7.05 Å². The van der Waals surface area contributed by atoms with Gasteiger partial charge in [-0.25, -0.2) is 4.98 Å². The summed E-state index contributed by atoms with van der Waals surface area (Å²) in [6.45, 7) is 0. The lowest BCUT2D eigenvalue weighted by Crippen LogP contribution is -2.25. The number of imidazole rings is 1. The Kier molecular flexibility index (Phi) is 2.42. The highest BCUT2D eigenvalue weighted by Crippen LogP contribution is 2.49. The third-order valence-corrected chi connectivity index (χ3v) is 5.22. The number of aryl methyl sites for hydroxylation is 1. The Morgan fingerprint density at radius 3 is 3.12 bits per heavy atom. The number of thioether (sulfide) groups is 1. The Labute approximate surface area is 98.7 Å². The van der Waals surface area contributed by atoms with E-state index in [0.29, 0.717) is 17.1 Å². The molecule has 3 rings (SSSR count). The number of nitrogens with zero attached hydrogens (tertiary/aromatic N) is 3. The van der Waals surface area contributed by atoms with E-state index >= 15 is 0 Å². The zero-order valence-corrected chi connectivity index (χ0v) is 10.0. The van der Waals surface area contributed by atoms with Crippen molar-refractivity contribution in [2.45, 2.75) is 29.7 Å². The molecule has 1 heterocycles. The SMILES string of the molecule is Cn1ccnc1S[C@H]1/C(=N/O)[C@H]2CC[C@H]1C2. The van der Waals surface area contributed by atoms with Crippen LogP contribution in [0.25, 0.3) is 0 Å². The van der Waals surface area contributed by atoms with Crippen LogP contribution in [0.2, 0.25) is 0 Å². The molecule has 2 aliphatic rings. The molecule has 1 N–H and O–H groups in total. The van der Waals surface area contributed by atoms with Gasteiger partial charge in [-0.1, -0.05) is 16.9 Å². The van der Waals surface area contributed by atoms with Crippen molar-refractivity contribution >= 4 is 17.5 Å². The molecule has 1 aromatic rings. The number of rotatable bonds is 2. The topological polar surface area (TPSA) is 50.4 Å². The molecule has 2 fully saturated rings. The standard InChI is InChI=1S/C11H15N3OS/c1-14-5-4-12-11(14)16-10-8-3-2-7(6-8)9(10)13-15/h4-5,7-8,10,15H,2-3,6H2,1H3/b13-9+/t7-,8-,10+/m0/s1. The van der Waals surface area contributed by atoms with Crippen molar-refractivity contribution in [3.63, 3.8) is 0 Å². The summed E-state index contributed by atoms with van der Waals surface area (Å²) >= 11 is 1.74. The number of oxime groups is 1. The first kappa shape index (κ1) is 10.2. The number of aromatic nitrogens is 2. The first-order valence-corrected chi connectivity index (χ1v) is 6.53. The average molecular weight is 237 g/mol. The predicted molar refractivity (Wildman–Crippen MR) is 62.9 cm³/mol. The maximum absolute atomic E-state index is 9.10. The van der Waals surface area contributed by atoms with Gasteiger partial charge in [0.15, 0.2) is 5.16 Å². The Bertz CT molecular complexity index is 429. The minimum atomic E-state index is 0.338. The highest BCUT2D eigenvalue weighted by molar-refractivity contribution is 8.00. The van der Waals surface area contributed by atoms with Gasteiger partial charge in [-0.15, -0.1) is 0 Å². The zero-order valence-electron chi connectivity index (χ0n) is 9.21. The first-order chi connectivity index (χ1) is 7.79. The molecule has 5 heteroatoms. The maximum atomic E-state index is 9.10. The summed E-state index contributed by atoms with van der Waals surface area (Å²) in [5, 5.41) is 14.0. The Hall–Kier alpha value is -0.970. The summed E-state index contributed by atoms with van der Waals surface area (Å²) in [4.78, 5) is 4.32. The lowest BCUT2D eigenvalue weighted by atomic mass is 9.98. The van der Waals surface area contributed by atoms with Crippen LogP contribution >= 0.6 is 11.8 Å². The predicted octanol–water partition coefficient (Wildman–Crippen LogP) is 2.14. The van der Waals surface area contributed by atoms with Gasteiger partial charge in [-0.3, -0.25) is 0 Å². The van der Waals surface area contributed by atoms with E-state index in [9.17, 15) is 0 Å². The van der Waals surface area contributed by atoms with Crippen LogP contribution in [0.15, 0.2) is 22.7 Å². The molecule has 2 aliphatic carbocycles. The monoisotopic (exact) mass is 237 g/mol. The molecule has 2 bridgehead atoms. The van der Waals surface area contributed by atoms with Gasteiger partial charge in [-0.2, -0.15) is 0 Å². The largest absolute Gasteiger partial charge is 0.411 e. The molecule has 0 aromatic carbocycles. The van der Waals surface area contributed by atoms with Crippen LogP contribution in [0.1, 0.15) is 19.3 Å². The van der Waals surface area contributed by atoms with Gasteiger partial charge in [0.25, 0.3) is 0 Å². The van der Waals surface area contributed by atoms with Gasteiger partial charge < -0.3 is 9.77 Å². The van der Waals surface area contributed by atoms with E-state index in [1.54, 1.807) is 11.8 Å². The van der Waals surface area contributed by atoms with E-state index in [1.165, 1.54) is 19.3 Å². The van der Waals surface area contributed by atoms with Gasteiger partial charge in [0.05, 0.1) is 11.0 Å². The van der Waals surface area contributed by atoms with Crippen molar-refractivity contribution in [2.24, 2.45) is 24.0 Å². The molecule has 0 spiro atoms. The molecule has 0 aliphatic heterocycles. The molecule has 2 saturated carbocycles. The van der Waals surface area contributed by atoms with Gasteiger partial charge in [-0.05, 0) is 25.2 Å². The summed E-state index contributed by atoms with van der Waals surface area (Å²) in [7, 11) is 2.00. The van der Waals surface area contributed by atoms with Gasteiger partial charge >= 0.3 is 0 Å². The lowest BCUT2D eigenvalue weighted by molar-refractivity contribution is 0.314. The van der Waals surface area contributed by atoms with Crippen LogP contribution in [0, 0.1) is 11.8 Å². The second kappa shape index (κ2) is 3.80. The van der Waals surface area contributed by atoms with Crippen LogP contribution < -0.4 is 0 Å². The highest BCUT2D eigenvalue weighted by Gasteiger charge is 2.46. The Morgan fingerprint density at radius 1 is 1.56 bits per heavy atom. The van der Waals surface area contributed by atoms with E-state index in [4.69, 9.17) is 5.21 Å². The molecule has 1 aromatic heterocycles. The van der Waals surface area contributed by atoms with Gasteiger partial charge in [0, 0.05) is 25.4 Å². The number of hydrogen-bond acceptors (Lipinski definition) is 4. The third kappa shape index (κ3) is 1.45. The molecular weight excluding hydrogens is 222 g/mol. The molecule has 86 valence electrons. The number of fused-ring (bicyclic) bond motifs is 2. The summed E-state index contributed by atoms with van der Waals surface area (Å²) in [6.07, 6.45) is 7.42. The Balaban J connectivity index is 1.83. The second-order valence-corrected chi connectivity index (χ2v) is 5.76. The molecule has 0 amide bonds. The molecule has 0 saturated heterocycles. The maximum Gasteiger partial charge on any atom is 0.168 e. The summed E-state index contributed by atoms with van der Waals surface area (Å²) in [6, 6.07) is 0. The van der Waals surface area contributed by atoms with Gasteiger partial charge in [0.2, 0.25) is 0 Å². The summed E-state index contributed by atoms with van der Waals surface area (Å²) in [5.74, 6) is 1.20. The van der Waals surface area contributed by atoms with Crippen molar-refractivity contribution in [3.05, 3.63) is 12.4 Å². The number of hydrogen-bond donors (Lipinski definition) is 1. The lowest BCUT2D eigenvalue weighted by Gasteiger charge is -2.21.